The summed E-state index contributed by atoms with van der Waals surface area (Å²) in [5.41, 5.74) is 3.31. The van der Waals surface area contributed by atoms with E-state index in [1.54, 1.807) is 22.6 Å². The monoisotopic (exact) mass is 416 g/mol. The Bertz CT molecular complexity index is 1190. The molecule has 0 aliphatic rings. The predicted molar refractivity (Wildman–Crippen MR) is 108 cm³/mol. The molecule has 0 saturated heterocycles. The predicted octanol–water partition coefficient (Wildman–Crippen LogP) is 6.33. The number of carbonyl (C=O) groups is 1. The van der Waals surface area contributed by atoms with Gasteiger partial charge in [0.05, 0.1) is 27.0 Å². The molecule has 0 radical (unpaired) electrons. The van der Waals surface area contributed by atoms with Crippen molar-refractivity contribution in [1.29, 1.82) is 0 Å². The fourth-order valence-electron chi connectivity index (χ4n) is 2.96. The number of benzene rings is 2. The van der Waals surface area contributed by atoms with E-state index in [4.69, 9.17) is 34.8 Å². The molecular weight excluding hydrogens is 407 g/mol. The van der Waals surface area contributed by atoms with E-state index >= 15 is 0 Å². The number of imidazole rings is 1. The van der Waals surface area contributed by atoms with Gasteiger partial charge in [0.1, 0.15) is 0 Å². The number of hydrogen-bond donors (Lipinski definition) is 1. The Hall–Kier alpha value is -2.53. The highest BCUT2D eigenvalue weighted by atomic mass is 35.5. The fourth-order valence-corrected chi connectivity index (χ4v) is 3.71. The quantitative estimate of drug-likeness (QED) is 0.424. The summed E-state index contributed by atoms with van der Waals surface area (Å²) in [4.78, 5) is 16.2. The Labute approximate surface area is 169 Å². The van der Waals surface area contributed by atoms with Gasteiger partial charge < -0.3 is 5.11 Å². The molecule has 2 aromatic carbocycles. The van der Waals surface area contributed by atoms with Crippen LogP contribution in [0.15, 0.2) is 60.8 Å². The number of rotatable bonds is 3. The van der Waals surface area contributed by atoms with E-state index in [1.807, 2.05) is 30.3 Å². The first-order valence-corrected chi connectivity index (χ1v) is 9.05. The molecule has 27 heavy (non-hydrogen) atoms. The number of pyridine rings is 1. The second-order valence-electron chi connectivity index (χ2n) is 5.87. The lowest BCUT2D eigenvalue weighted by Gasteiger charge is -2.09. The summed E-state index contributed by atoms with van der Waals surface area (Å²) in [6.07, 6.45) is 1.49. The van der Waals surface area contributed by atoms with Gasteiger partial charge in [0.2, 0.25) is 0 Å². The Kier molecular flexibility index (Phi) is 4.56. The third-order valence-electron chi connectivity index (χ3n) is 4.16. The number of hydrogen-bond acceptors (Lipinski definition) is 2. The molecule has 134 valence electrons. The minimum absolute atomic E-state index is 0.0517. The van der Waals surface area contributed by atoms with E-state index < -0.39 is 5.97 Å². The van der Waals surface area contributed by atoms with Crippen LogP contribution in [0.2, 0.25) is 15.1 Å². The van der Waals surface area contributed by atoms with Gasteiger partial charge in [-0.25, -0.2) is 9.78 Å². The molecule has 2 aromatic heterocycles. The standard InChI is InChI=1S/C20H11Cl3N2O2/c21-13-6-7-14(15(22)9-13)18-17(11-4-2-1-3-5-11)24-19-16(23)8-12(20(26)27)10-25(18)19/h1-10H,(H,26,27). The first kappa shape index (κ1) is 17.9. The molecule has 0 saturated carbocycles. The van der Waals surface area contributed by atoms with Crippen LogP contribution in [-0.4, -0.2) is 20.5 Å². The van der Waals surface area contributed by atoms with Crippen molar-refractivity contribution in [3.05, 3.63) is 81.4 Å². The molecule has 4 aromatic rings. The summed E-state index contributed by atoms with van der Waals surface area (Å²) in [7, 11) is 0. The van der Waals surface area contributed by atoms with Crippen LogP contribution in [-0.2, 0) is 0 Å². The topological polar surface area (TPSA) is 54.6 Å². The van der Waals surface area contributed by atoms with Crippen LogP contribution in [0, 0.1) is 0 Å². The average molecular weight is 418 g/mol. The van der Waals surface area contributed by atoms with E-state index in [2.05, 4.69) is 4.98 Å². The number of aromatic nitrogens is 2. The smallest absolute Gasteiger partial charge is 0.337 e. The van der Waals surface area contributed by atoms with E-state index in [0.29, 0.717) is 32.6 Å². The highest BCUT2D eigenvalue weighted by Gasteiger charge is 2.21. The number of carboxylic acids is 1. The maximum atomic E-state index is 11.5. The molecule has 0 fully saturated rings. The minimum Gasteiger partial charge on any atom is -0.478 e. The molecule has 0 bridgehead atoms. The van der Waals surface area contributed by atoms with Gasteiger partial charge in [0.25, 0.3) is 0 Å². The Morgan fingerprint density at radius 3 is 2.37 bits per heavy atom. The maximum Gasteiger partial charge on any atom is 0.337 e. The molecule has 0 aliphatic carbocycles. The third kappa shape index (κ3) is 3.16. The largest absolute Gasteiger partial charge is 0.478 e. The Morgan fingerprint density at radius 1 is 0.963 bits per heavy atom. The number of halogens is 3. The zero-order chi connectivity index (χ0) is 19.1. The van der Waals surface area contributed by atoms with Crippen LogP contribution in [0.5, 0.6) is 0 Å². The van der Waals surface area contributed by atoms with Crippen molar-refractivity contribution in [1.82, 2.24) is 9.38 Å². The molecule has 7 heteroatoms. The average Bonchev–Trinajstić information content (AvgIpc) is 3.02. The summed E-state index contributed by atoms with van der Waals surface area (Å²) in [5.74, 6) is -1.08. The number of aromatic carboxylic acids is 1. The van der Waals surface area contributed by atoms with Crippen molar-refractivity contribution in [2.24, 2.45) is 0 Å². The molecule has 0 amide bonds. The van der Waals surface area contributed by atoms with Crippen LogP contribution >= 0.6 is 34.8 Å². The van der Waals surface area contributed by atoms with Crippen molar-refractivity contribution in [3.8, 4) is 22.5 Å². The van der Waals surface area contributed by atoms with Gasteiger partial charge in [-0.05, 0) is 24.3 Å². The lowest BCUT2D eigenvalue weighted by molar-refractivity contribution is 0.0696. The number of fused-ring (bicyclic) bond motifs is 1. The Morgan fingerprint density at radius 2 is 1.70 bits per heavy atom. The van der Waals surface area contributed by atoms with Gasteiger partial charge in [0.15, 0.2) is 5.65 Å². The van der Waals surface area contributed by atoms with Crippen molar-refractivity contribution in [3.63, 3.8) is 0 Å². The van der Waals surface area contributed by atoms with E-state index in [-0.39, 0.29) is 10.6 Å². The normalized spacial score (nSPS) is 11.1. The molecule has 4 rings (SSSR count). The second-order valence-corrected chi connectivity index (χ2v) is 7.13. The van der Waals surface area contributed by atoms with Crippen LogP contribution in [0.1, 0.15) is 10.4 Å². The van der Waals surface area contributed by atoms with Crippen LogP contribution in [0.4, 0.5) is 0 Å². The lowest BCUT2D eigenvalue weighted by Crippen LogP contribution is -2.00. The van der Waals surface area contributed by atoms with Crippen molar-refractivity contribution in [2.45, 2.75) is 0 Å². The van der Waals surface area contributed by atoms with Gasteiger partial charge in [-0.1, -0.05) is 65.1 Å². The zero-order valence-corrected chi connectivity index (χ0v) is 15.9. The lowest BCUT2D eigenvalue weighted by atomic mass is 10.0. The molecule has 4 nitrogen and oxygen atoms in total. The van der Waals surface area contributed by atoms with Crippen LogP contribution < -0.4 is 0 Å². The fraction of sp³-hybridized carbons (Fsp3) is 0. The first-order chi connectivity index (χ1) is 13.0. The molecule has 1 N–H and O–H groups in total. The summed E-state index contributed by atoms with van der Waals surface area (Å²) < 4.78 is 1.66. The summed E-state index contributed by atoms with van der Waals surface area (Å²) in [6, 6.07) is 16.1. The van der Waals surface area contributed by atoms with Gasteiger partial charge in [-0.3, -0.25) is 4.40 Å². The van der Waals surface area contributed by atoms with Gasteiger partial charge in [-0.2, -0.15) is 0 Å². The molecule has 0 spiro atoms. The van der Waals surface area contributed by atoms with Gasteiger partial charge in [0, 0.05) is 22.3 Å². The molecule has 0 aliphatic heterocycles. The van der Waals surface area contributed by atoms with Crippen LogP contribution in [0.25, 0.3) is 28.2 Å². The van der Waals surface area contributed by atoms with Crippen molar-refractivity contribution >= 4 is 46.4 Å². The Balaban J connectivity index is 2.13. The number of carboxylic acid groups (broad SMARTS) is 1. The summed E-state index contributed by atoms with van der Waals surface area (Å²) in [5, 5.41) is 10.6. The van der Waals surface area contributed by atoms with Gasteiger partial charge in [-0.15, -0.1) is 0 Å². The number of nitrogens with zero attached hydrogens (tertiary/aromatic N) is 2. The highest BCUT2D eigenvalue weighted by Crippen LogP contribution is 2.39. The summed E-state index contributed by atoms with van der Waals surface area (Å²) >= 11 is 18.8. The maximum absolute atomic E-state index is 11.5. The second kappa shape index (κ2) is 6.89. The molecule has 2 heterocycles. The van der Waals surface area contributed by atoms with Crippen molar-refractivity contribution in [2.75, 3.05) is 0 Å². The molecule has 0 unspecified atom stereocenters. The third-order valence-corrected chi connectivity index (χ3v) is 4.98. The summed E-state index contributed by atoms with van der Waals surface area (Å²) in [6.45, 7) is 0. The van der Waals surface area contributed by atoms with E-state index in [1.165, 1.54) is 12.3 Å². The molecule has 0 atom stereocenters. The molecular formula is C20H11Cl3N2O2. The SMILES string of the molecule is O=C(O)c1cc(Cl)c2nc(-c3ccccc3)c(-c3ccc(Cl)cc3Cl)n2c1. The highest BCUT2D eigenvalue weighted by molar-refractivity contribution is 6.36. The zero-order valence-electron chi connectivity index (χ0n) is 13.7. The first-order valence-electron chi connectivity index (χ1n) is 7.91. The van der Waals surface area contributed by atoms with Crippen molar-refractivity contribution < 1.29 is 9.90 Å². The van der Waals surface area contributed by atoms with Crippen LogP contribution in [0.3, 0.4) is 0 Å². The minimum atomic E-state index is -1.08. The van der Waals surface area contributed by atoms with E-state index in [9.17, 15) is 9.90 Å². The van der Waals surface area contributed by atoms with Gasteiger partial charge >= 0.3 is 5.97 Å². The van der Waals surface area contributed by atoms with E-state index in [0.717, 1.165) is 5.56 Å².